The molecule has 0 radical (unpaired) electrons. The van der Waals surface area contributed by atoms with E-state index in [0.29, 0.717) is 5.56 Å². The number of carbonyl (C=O) groups excluding carboxylic acids is 1. The monoisotopic (exact) mass is 441 g/mol. The Kier molecular flexibility index (Phi) is 6.35. The van der Waals surface area contributed by atoms with Crippen molar-refractivity contribution in [1.82, 2.24) is 14.5 Å². The van der Waals surface area contributed by atoms with E-state index in [1.54, 1.807) is 24.3 Å². The number of nitrogens with one attached hydrogen (secondary N) is 2. The summed E-state index contributed by atoms with van der Waals surface area (Å²) in [5, 5.41) is 2.91. The van der Waals surface area contributed by atoms with Crippen LogP contribution < -0.4 is 10.0 Å². The summed E-state index contributed by atoms with van der Waals surface area (Å²) in [6, 6.07) is 14.6. The summed E-state index contributed by atoms with van der Waals surface area (Å²) in [7, 11) is -1.42. The fourth-order valence-electron chi connectivity index (χ4n) is 3.76. The number of aliphatic imine (C=N–C) groups is 1. The second-order valence-electron chi connectivity index (χ2n) is 7.91. The summed E-state index contributed by atoms with van der Waals surface area (Å²) in [4.78, 5) is 21.6. The smallest absolute Gasteiger partial charge is 0.263 e. The number of fused-ring (bicyclic) bond motifs is 1. The number of hydrogen-bond donors (Lipinski definition) is 2. The average Bonchev–Trinajstić information content (AvgIpc) is 3.00. The van der Waals surface area contributed by atoms with E-state index in [1.807, 2.05) is 18.2 Å². The Labute approximate surface area is 183 Å². The number of likely N-dealkylation sites (N-methyl/N-ethyl adjacent to an activating group) is 1. The Morgan fingerprint density at radius 2 is 1.87 bits per heavy atom. The third-order valence-corrected chi connectivity index (χ3v) is 6.88. The van der Waals surface area contributed by atoms with Gasteiger partial charge in [0, 0.05) is 50.4 Å². The Hall–Kier alpha value is -2.75. The highest BCUT2D eigenvalue weighted by molar-refractivity contribution is 7.90. The van der Waals surface area contributed by atoms with Gasteiger partial charge in [-0.3, -0.25) is 19.4 Å². The van der Waals surface area contributed by atoms with Gasteiger partial charge in [0.15, 0.2) is 0 Å². The minimum absolute atomic E-state index is 0.157. The van der Waals surface area contributed by atoms with Crippen LogP contribution in [0.2, 0.25) is 0 Å². The molecule has 164 valence electrons. The van der Waals surface area contributed by atoms with E-state index in [1.165, 1.54) is 5.56 Å². The number of amides is 1. The van der Waals surface area contributed by atoms with Gasteiger partial charge in [-0.2, -0.15) is 0 Å². The van der Waals surface area contributed by atoms with Gasteiger partial charge in [-0.25, -0.2) is 8.42 Å². The van der Waals surface area contributed by atoms with Crippen molar-refractivity contribution in [3.63, 3.8) is 0 Å². The Bertz CT molecular complexity index is 1090. The lowest BCUT2D eigenvalue weighted by atomic mass is 10.1. The first kappa shape index (κ1) is 21.5. The van der Waals surface area contributed by atoms with Crippen molar-refractivity contribution in [3.8, 4) is 0 Å². The van der Waals surface area contributed by atoms with Crippen LogP contribution in [0, 0.1) is 0 Å². The molecule has 1 amide bonds. The Morgan fingerprint density at radius 1 is 1.10 bits per heavy atom. The molecule has 2 aliphatic heterocycles. The van der Waals surface area contributed by atoms with E-state index in [9.17, 15) is 13.2 Å². The fourth-order valence-corrected chi connectivity index (χ4v) is 5.01. The van der Waals surface area contributed by atoms with E-state index in [2.05, 4.69) is 37.9 Å². The van der Waals surface area contributed by atoms with Gasteiger partial charge in [0.2, 0.25) is 5.91 Å². The van der Waals surface area contributed by atoms with Crippen molar-refractivity contribution in [2.24, 2.45) is 4.99 Å². The standard InChI is InChI=1S/C22H27N5O3S/c1-26-11-13-27(14-12-26)16-17-5-4-6-18(15-17)24-21(28)9-10-23-22-19-7-2-3-8-20(19)31(29,30)25-22/h2-8,15H,9-14,16H2,1H3,(H,23,25)(H,24,28). The van der Waals surface area contributed by atoms with Crippen molar-refractivity contribution in [3.05, 3.63) is 59.7 Å². The molecule has 0 unspecified atom stereocenters. The van der Waals surface area contributed by atoms with Crippen LogP contribution in [-0.2, 0) is 21.4 Å². The van der Waals surface area contributed by atoms with Crippen LogP contribution in [-0.4, -0.2) is 69.7 Å². The first-order valence-electron chi connectivity index (χ1n) is 10.4. The summed E-state index contributed by atoms with van der Waals surface area (Å²) < 4.78 is 26.7. The average molecular weight is 442 g/mol. The third kappa shape index (κ3) is 5.30. The first-order valence-corrected chi connectivity index (χ1v) is 11.9. The van der Waals surface area contributed by atoms with Crippen LogP contribution in [0.4, 0.5) is 5.69 Å². The molecule has 2 aromatic carbocycles. The zero-order chi connectivity index (χ0) is 21.8. The molecule has 31 heavy (non-hydrogen) atoms. The summed E-state index contributed by atoms with van der Waals surface area (Å²) in [6.07, 6.45) is 0.163. The number of carbonyl (C=O) groups is 1. The molecule has 2 N–H and O–H groups in total. The summed E-state index contributed by atoms with van der Waals surface area (Å²) in [6.45, 7) is 5.28. The van der Waals surface area contributed by atoms with Crippen molar-refractivity contribution in [2.75, 3.05) is 45.1 Å². The highest BCUT2D eigenvalue weighted by Gasteiger charge is 2.29. The number of sulfonamides is 1. The lowest BCUT2D eigenvalue weighted by molar-refractivity contribution is -0.116. The van der Waals surface area contributed by atoms with Crippen LogP contribution in [0.3, 0.4) is 0 Å². The number of benzene rings is 2. The third-order valence-electron chi connectivity index (χ3n) is 5.48. The molecule has 0 spiro atoms. The maximum atomic E-state index is 12.4. The van der Waals surface area contributed by atoms with Crippen molar-refractivity contribution >= 4 is 27.5 Å². The van der Waals surface area contributed by atoms with Crippen molar-refractivity contribution < 1.29 is 13.2 Å². The van der Waals surface area contributed by atoms with Crippen molar-refractivity contribution in [1.29, 1.82) is 0 Å². The predicted octanol–water partition coefficient (Wildman–Crippen LogP) is 1.50. The molecule has 0 saturated carbocycles. The molecule has 2 aliphatic rings. The maximum absolute atomic E-state index is 12.4. The molecule has 0 aliphatic carbocycles. The lowest BCUT2D eigenvalue weighted by Crippen LogP contribution is -2.43. The molecule has 0 aromatic heterocycles. The van der Waals surface area contributed by atoms with Gasteiger partial charge < -0.3 is 10.2 Å². The molecular weight excluding hydrogens is 414 g/mol. The van der Waals surface area contributed by atoms with Crippen LogP contribution in [0.5, 0.6) is 0 Å². The summed E-state index contributed by atoms with van der Waals surface area (Å²) in [5.41, 5.74) is 2.47. The second kappa shape index (κ2) is 9.17. The van der Waals surface area contributed by atoms with Crippen LogP contribution in [0.1, 0.15) is 17.5 Å². The van der Waals surface area contributed by atoms with Gasteiger partial charge in [0.05, 0.1) is 11.4 Å². The number of nitrogens with zero attached hydrogens (tertiary/aromatic N) is 3. The summed E-state index contributed by atoms with van der Waals surface area (Å²) >= 11 is 0. The van der Waals surface area contributed by atoms with Gasteiger partial charge in [0.25, 0.3) is 10.0 Å². The topological polar surface area (TPSA) is 94.1 Å². The molecule has 0 atom stereocenters. The molecule has 2 aromatic rings. The number of anilines is 1. The van der Waals surface area contributed by atoms with Gasteiger partial charge in [-0.05, 0) is 36.9 Å². The molecule has 1 saturated heterocycles. The van der Waals surface area contributed by atoms with Crippen LogP contribution in [0.25, 0.3) is 0 Å². The molecule has 8 nitrogen and oxygen atoms in total. The predicted molar refractivity (Wildman–Crippen MR) is 121 cm³/mol. The molecule has 0 bridgehead atoms. The van der Waals surface area contributed by atoms with E-state index < -0.39 is 10.0 Å². The van der Waals surface area contributed by atoms with Gasteiger partial charge in [-0.1, -0.05) is 24.3 Å². The molecular formula is C22H27N5O3S. The highest BCUT2D eigenvalue weighted by Crippen LogP contribution is 2.22. The van der Waals surface area contributed by atoms with Gasteiger partial charge in [0.1, 0.15) is 5.84 Å². The van der Waals surface area contributed by atoms with Crippen LogP contribution >= 0.6 is 0 Å². The molecule has 2 heterocycles. The number of hydrogen-bond acceptors (Lipinski definition) is 6. The zero-order valence-corrected chi connectivity index (χ0v) is 18.4. The SMILES string of the molecule is CN1CCN(Cc2cccc(NC(=O)CCN=C3NS(=O)(=O)c4ccccc43)c2)CC1. The fraction of sp³-hybridized carbons (Fsp3) is 0.364. The number of rotatable bonds is 6. The molecule has 9 heteroatoms. The number of amidine groups is 1. The van der Waals surface area contributed by atoms with E-state index in [0.717, 1.165) is 38.4 Å². The van der Waals surface area contributed by atoms with E-state index in [-0.39, 0.29) is 29.6 Å². The number of piperazine rings is 1. The minimum Gasteiger partial charge on any atom is -0.326 e. The van der Waals surface area contributed by atoms with E-state index in [4.69, 9.17) is 0 Å². The first-order chi connectivity index (χ1) is 14.9. The minimum atomic E-state index is -3.56. The highest BCUT2D eigenvalue weighted by atomic mass is 32.2. The quantitative estimate of drug-likeness (QED) is 0.709. The second-order valence-corrected chi connectivity index (χ2v) is 9.56. The van der Waals surface area contributed by atoms with E-state index >= 15 is 0 Å². The largest absolute Gasteiger partial charge is 0.326 e. The zero-order valence-electron chi connectivity index (χ0n) is 17.5. The normalized spacial score (nSPS) is 19.7. The van der Waals surface area contributed by atoms with Gasteiger partial charge in [-0.15, -0.1) is 0 Å². The maximum Gasteiger partial charge on any atom is 0.263 e. The molecule has 1 fully saturated rings. The summed E-state index contributed by atoms with van der Waals surface area (Å²) in [5.74, 6) is 0.132. The van der Waals surface area contributed by atoms with Crippen molar-refractivity contribution in [2.45, 2.75) is 17.9 Å². The molecule has 4 rings (SSSR count). The Balaban J connectivity index is 1.31. The van der Waals surface area contributed by atoms with Gasteiger partial charge >= 0.3 is 0 Å². The Morgan fingerprint density at radius 3 is 2.68 bits per heavy atom. The lowest BCUT2D eigenvalue weighted by Gasteiger charge is -2.32. The van der Waals surface area contributed by atoms with Crippen LogP contribution in [0.15, 0.2) is 58.4 Å².